The van der Waals surface area contributed by atoms with Crippen LogP contribution in [0.4, 0.5) is 5.82 Å². The topological polar surface area (TPSA) is 98.2 Å². The molecule has 0 radical (unpaired) electrons. The van der Waals surface area contributed by atoms with Gasteiger partial charge in [0.05, 0.1) is 6.20 Å². The van der Waals surface area contributed by atoms with E-state index in [0.717, 1.165) is 0 Å². The van der Waals surface area contributed by atoms with Crippen LogP contribution in [0.25, 0.3) is 17.2 Å². The first-order valence-electron chi connectivity index (χ1n) is 5.54. The lowest BCUT2D eigenvalue weighted by molar-refractivity contribution is -0.114. The van der Waals surface area contributed by atoms with E-state index in [9.17, 15) is 4.79 Å². The van der Waals surface area contributed by atoms with Crippen molar-refractivity contribution in [3.63, 3.8) is 0 Å². The third-order valence-corrected chi connectivity index (χ3v) is 2.39. The van der Waals surface area contributed by atoms with Gasteiger partial charge in [-0.1, -0.05) is 0 Å². The summed E-state index contributed by atoms with van der Waals surface area (Å²) in [7, 11) is 0. The molecule has 8 nitrogen and oxygen atoms in total. The molecule has 96 valence electrons. The fourth-order valence-corrected chi connectivity index (χ4v) is 1.73. The van der Waals surface area contributed by atoms with Crippen molar-refractivity contribution in [3.05, 3.63) is 24.5 Å². The number of anilines is 1. The third kappa shape index (κ3) is 2.03. The van der Waals surface area contributed by atoms with E-state index >= 15 is 0 Å². The molecule has 0 aliphatic rings. The highest BCUT2D eigenvalue weighted by Gasteiger charge is 2.14. The fraction of sp³-hybridized carbons (Fsp3) is 0.182. The third-order valence-electron chi connectivity index (χ3n) is 2.39. The molecule has 3 aromatic rings. The molecule has 0 unspecified atom stereocenters. The minimum absolute atomic E-state index is 0.211. The highest BCUT2D eigenvalue weighted by Crippen LogP contribution is 2.20. The number of amides is 1. The number of carbonyl (C=O) groups excluding carboxylic acids is 1. The number of nitrogens with one attached hydrogen (secondary N) is 1. The number of hydrogen-bond donors (Lipinski definition) is 1. The minimum Gasteiger partial charge on any atom is -0.440 e. The van der Waals surface area contributed by atoms with E-state index in [1.165, 1.54) is 19.5 Å². The van der Waals surface area contributed by atoms with Gasteiger partial charge in [-0.2, -0.15) is 4.52 Å². The van der Waals surface area contributed by atoms with Crippen LogP contribution >= 0.6 is 0 Å². The van der Waals surface area contributed by atoms with Crippen molar-refractivity contribution in [2.45, 2.75) is 13.8 Å². The number of fused-ring (bicyclic) bond motifs is 1. The molecule has 1 amide bonds. The molecule has 1 N–H and O–H groups in total. The highest BCUT2D eigenvalue weighted by molar-refractivity contribution is 5.88. The summed E-state index contributed by atoms with van der Waals surface area (Å²) in [6.45, 7) is 3.18. The van der Waals surface area contributed by atoms with E-state index in [4.69, 9.17) is 4.42 Å². The summed E-state index contributed by atoms with van der Waals surface area (Å²) in [5, 5.41) is 6.85. The Kier molecular flexibility index (Phi) is 2.48. The summed E-state index contributed by atoms with van der Waals surface area (Å²) in [5.74, 6) is 1.65. The second-order valence-electron chi connectivity index (χ2n) is 3.94. The second-order valence-corrected chi connectivity index (χ2v) is 3.94. The van der Waals surface area contributed by atoms with Crippen LogP contribution in [0.5, 0.6) is 0 Å². The molecule has 0 aliphatic carbocycles. The van der Waals surface area contributed by atoms with Crippen molar-refractivity contribution in [3.8, 4) is 11.6 Å². The van der Waals surface area contributed by atoms with Crippen LogP contribution in [-0.4, -0.2) is 30.5 Å². The predicted octanol–water partition coefficient (Wildman–Crippen LogP) is 1.05. The highest BCUT2D eigenvalue weighted by atomic mass is 16.3. The van der Waals surface area contributed by atoms with Gasteiger partial charge in [0.2, 0.25) is 11.7 Å². The van der Waals surface area contributed by atoms with E-state index in [-0.39, 0.29) is 5.91 Å². The summed E-state index contributed by atoms with van der Waals surface area (Å²) < 4.78 is 6.76. The zero-order valence-electron chi connectivity index (χ0n) is 10.3. The largest absolute Gasteiger partial charge is 0.440 e. The van der Waals surface area contributed by atoms with Crippen LogP contribution < -0.4 is 5.32 Å². The van der Waals surface area contributed by atoms with Crippen LogP contribution in [0.15, 0.2) is 23.1 Å². The predicted molar refractivity (Wildman–Crippen MR) is 65.3 cm³/mol. The van der Waals surface area contributed by atoms with Gasteiger partial charge in [0, 0.05) is 13.0 Å². The summed E-state index contributed by atoms with van der Waals surface area (Å²) in [5.41, 5.74) is 0.572. The van der Waals surface area contributed by atoms with Crippen molar-refractivity contribution in [1.82, 2.24) is 24.6 Å². The number of oxazole rings is 1. The van der Waals surface area contributed by atoms with Crippen molar-refractivity contribution >= 4 is 17.4 Å². The quantitative estimate of drug-likeness (QED) is 0.737. The minimum atomic E-state index is -0.211. The van der Waals surface area contributed by atoms with E-state index < -0.39 is 0 Å². The van der Waals surface area contributed by atoms with Gasteiger partial charge in [0.1, 0.15) is 11.6 Å². The van der Waals surface area contributed by atoms with Crippen LogP contribution in [0.2, 0.25) is 0 Å². The number of aryl methyl sites for hydroxylation is 1. The molecular formula is C11H10N6O2. The standard InChI is InChI=1S/C11H10N6O2/c1-6-13-10-3-9(14-7(2)18)15-11(17(10)16-6)8-4-12-5-19-8/h3-5H,1-2H3,(H,14,18). The van der Waals surface area contributed by atoms with Gasteiger partial charge < -0.3 is 9.73 Å². The molecule has 0 saturated heterocycles. The Bertz CT molecular complexity index is 746. The van der Waals surface area contributed by atoms with Gasteiger partial charge in [-0.05, 0) is 6.92 Å². The lowest BCUT2D eigenvalue weighted by Gasteiger charge is -2.04. The lowest BCUT2D eigenvalue weighted by Crippen LogP contribution is -2.09. The molecule has 0 aliphatic heterocycles. The van der Waals surface area contributed by atoms with Crippen LogP contribution in [0.3, 0.4) is 0 Å². The molecule has 3 aromatic heterocycles. The van der Waals surface area contributed by atoms with E-state index in [1.807, 2.05) is 0 Å². The average molecular weight is 258 g/mol. The zero-order chi connectivity index (χ0) is 13.4. The average Bonchev–Trinajstić information content (AvgIpc) is 2.94. The fourth-order valence-electron chi connectivity index (χ4n) is 1.73. The first kappa shape index (κ1) is 11.3. The van der Waals surface area contributed by atoms with Crippen LogP contribution in [0, 0.1) is 6.92 Å². The normalized spacial score (nSPS) is 10.8. The number of hydrogen-bond acceptors (Lipinski definition) is 6. The molecule has 0 fully saturated rings. The number of carbonyl (C=O) groups is 1. The van der Waals surface area contributed by atoms with Crippen molar-refractivity contribution in [2.24, 2.45) is 0 Å². The monoisotopic (exact) mass is 258 g/mol. The lowest BCUT2D eigenvalue weighted by atomic mass is 10.4. The Hall–Kier alpha value is -2.77. The Morgan fingerprint density at radius 3 is 2.95 bits per heavy atom. The Morgan fingerprint density at radius 1 is 1.42 bits per heavy atom. The van der Waals surface area contributed by atoms with Gasteiger partial charge in [-0.25, -0.2) is 15.0 Å². The van der Waals surface area contributed by atoms with Crippen LogP contribution in [0.1, 0.15) is 12.7 Å². The Balaban J connectivity index is 2.24. The van der Waals surface area contributed by atoms with E-state index in [1.54, 1.807) is 17.5 Å². The summed E-state index contributed by atoms with van der Waals surface area (Å²) >= 11 is 0. The van der Waals surface area contributed by atoms with Crippen molar-refractivity contribution in [1.29, 1.82) is 0 Å². The molecular weight excluding hydrogens is 248 g/mol. The van der Waals surface area contributed by atoms with Gasteiger partial charge in [0.15, 0.2) is 17.8 Å². The molecule has 0 spiro atoms. The number of rotatable bonds is 2. The van der Waals surface area contributed by atoms with E-state index in [2.05, 4.69) is 25.4 Å². The molecule has 3 heterocycles. The van der Waals surface area contributed by atoms with Gasteiger partial charge in [-0.3, -0.25) is 4.79 Å². The molecule has 3 rings (SSSR count). The summed E-state index contributed by atoms with van der Waals surface area (Å²) in [6, 6.07) is 1.64. The van der Waals surface area contributed by atoms with Crippen molar-refractivity contribution in [2.75, 3.05) is 5.32 Å². The molecule has 0 aromatic carbocycles. The van der Waals surface area contributed by atoms with Crippen LogP contribution in [-0.2, 0) is 4.79 Å². The molecule has 0 atom stereocenters. The molecule has 0 saturated carbocycles. The zero-order valence-corrected chi connectivity index (χ0v) is 10.3. The Labute approximate surface area is 107 Å². The SMILES string of the molecule is CC(=O)Nc1cc2nc(C)nn2c(-c2cnco2)n1. The van der Waals surface area contributed by atoms with Gasteiger partial charge >= 0.3 is 0 Å². The second kappa shape index (κ2) is 4.16. The maximum Gasteiger partial charge on any atom is 0.222 e. The maximum absolute atomic E-state index is 11.1. The first-order chi connectivity index (χ1) is 9.13. The van der Waals surface area contributed by atoms with Gasteiger partial charge in [-0.15, -0.1) is 5.10 Å². The number of nitrogens with zero attached hydrogens (tertiary/aromatic N) is 5. The Morgan fingerprint density at radius 2 is 2.26 bits per heavy atom. The number of aromatic nitrogens is 5. The first-order valence-corrected chi connectivity index (χ1v) is 5.54. The van der Waals surface area contributed by atoms with Gasteiger partial charge in [0.25, 0.3) is 0 Å². The molecule has 19 heavy (non-hydrogen) atoms. The van der Waals surface area contributed by atoms with Crippen molar-refractivity contribution < 1.29 is 9.21 Å². The smallest absolute Gasteiger partial charge is 0.222 e. The molecule has 0 bridgehead atoms. The summed E-state index contributed by atoms with van der Waals surface area (Å²) in [4.78, 5) is 23.5. The maximum atomic E-state index is 11.1. The molecule has 8 heteroatoms. The van der Waals surface area contributed by atoms with E-state index in [0.29, 0.717) is 28.9 Å². The summed E-state index contributed by atoms with van der Waals surface area (Å²) in [6.07, 6.45) is 2.83.